The molecule has 0 radical (unpaired) electrons. The molecular formula is C11H11Cl2NO2. The predicted molar refractivity (Wildman–Crippen MR) is 63.3 cm³/mol. The molecule has 3 nitrogen and oxygen atoms in total. The SMILES string of the molecule is O=C(Oc1ccc(Cl)cc1Cl)N1CCCC1. The first kappa shape index (κ1) is 11.6. The second kappa shape index (κ2) is 4.93. The number of halogens is 2. The summed E-state index contributed by atoms with van der Waals surface area (Å²) in [5.41, 5.74) is 0. The molecule has 0 aromatic heterocycles. The van der Waals surface area contributed by atoms with Gasteiger partial charge in [-0.05, 0) is 31.0 Å². The van der Waals surface area contributed by atoms with E-state index in [-0.39, 0.29) is 6.09 Å². The van der Waals surface area contributed by atoms with Crippen LogP contribution in [-0.4, -0.2) is 24.1 Å². The van der Waals surface area contributed by atoms with Crippen molar-refractivity contribution in [2.45, 2.75) is 12.8 Å². The Kier molecular flexibility index (Phi) is 3.56. The van der Waals surface area contributed by atoms with E-state index in [1.165, 1.54) is 0 Å². The fourth-order valence-electron chi connectivity index (χ4n) is 1.62. The van der Waals surface area contributed by atoms with Gasteiger partial charge in [0, 0.05) is 18.1 Å². The molecule has 0 saturated carbocycles. The summed E-state index contributed by atoms with van der Waals surface area (Å²) in [5, 5.41) is 0.867. The summed E-state index contributed by atoms with van der Waals surface area (Å²) in [4.78, 5) is 13.3. The predicted octanol–water partition coefficient (Wildman–Crippen LogP) is 3.59. The number of nitrogens with zero attached hydrogens (tertiary/aromatic N) is 1. The highest BCUT2D eigenvalue weighted by Crippen LogP contribution is 2.28. The standard InChI is InChI=1S/C11H11Cl2NO2/c12-8-3-4-10(9(13)7-8)16-11(15)14-5-1-2-6-14/h3-4,7H,1-2,5-6H2. The Labute approximate surface area is 104 Å². The summed E-state index contributed by atoms with van der Waals surface area (Å²) in [7, 11) is 0. The fraction of sp³-hybridized carbons (Fsp3) is 0.364. The van der Waals surface area contributed by atoms with Gasteiger partial charge in [-0.3, -0.25) is 0 Å². The summed E-state index contributed by atoms with van der Waals surface area (Å²) in [6.07, 6.45) is 1.72. The summed E-state index contributed by atoms with van der Waals surface area (Å²) >= 11 is 11.6. The van der Waals surface area contributed by atoms with Crippen molar-refractivity contribution in [1.29, 1.82) is 0 Å². The molecule has 2 rings (SSSR count). The lowest BCUT2D eigenvalue weighted by atomic mass is 10.3. The van der Waals surface area contributed by atoms with Crippen molar-refractivity contribution in [2.24, 2.45) is 0 Å². The second-order valence-corrected chi connectivity index (χ2v) is 4.48. The van der Waals surface area contributed by atoms with Gasteiger partial charge in [0.2, 0.25) is 0 Å². The van der Waals surface area contributed by atoms with Crippen LogP contribution in [-0.2, 0) is 0 Å². The first-order chi connectivity index (χ1) is 7.66. The van der Waals surface area contributed by atoms with E-state index in [2.05, 4.69) is 0 Å². The van der Waals surface area contributed by atoms with E-state index in [9.17, 15) is 4.79 Å². The van der Waals surface area contributed by atoms with Crippen LogP contribution in [0.15, 0.2) is 18.2 Å². The maximum absolute atomic E-state index is 11.7. The van der Waals surface area contributed by atoms with Crippen LogP contribution in [0.3, 0.4) is 0 Å². The third-order valence-electron chi connectivity index (χ3n) is 2.46. The van der Waals surface area contributed by atoms with Crippen molar-refractivity contribution < 1.29 is 9.53 Å². The van der Waals surface area contributed by atoms with Crippen LogP contribution in [0, 0.1) is 0 Å². The zero-order chi connectivity index (χ0) is 11.5. The summed E-state index contributed by atoms with van der Waals surface area (Å²) in [6, 6.07) is 4.79. The van der Waals surface area contributed by atoms with Gasteiger partial charge in [0.05, 0.1) is 5.02 Å². The van der Waals surface area contributed by atoms with Crippen molar-refractivity contribution in [3.05, 3.63) is 28.2 Å². The normalized spacial score (nSPS) is 15.2. The smallest absolute Gasteiger partial charge is 0.409 e. The average molecular weight is 260 g/mol. The Hall–Kier alpha value is -0.930. The maximum Gasteiger partial charge on any atom is 0.415 e. The lowest BCUT2D eigenvalue weighted by Gasteiger charge is -2.15. The van der Waals surface area contributed by atoms with E-state index in [0.717, 1.165) is 25.9 Å². The van der Waals surface area contributed by atoms with E-state index in [1.807, 2.05) is 0 Å². The fourth-order valence-corrected chi connectivity index (χ4v) is 2.06. The first-order valence-corrected chi connectivity index (χ1v) is 5.84. The van der Waals surface area contributed by atoms with Gasteiger partial charge in [0.25, 0.3) is 0 Å². The number of amides is 1. The molecule has 0 aliphatic carbocycles. The van der Waals surface area contributed by atoms with Gasteiger partial charge >= 0.3 is 6.09 Å². The Morgan fingerprint density at radius 3 is 2.56 bits per heavy atom. The topological polar surface area (TPSA) is 29.5 Å². The summed E-state index contributed by atoms with van der Waals surface area (Å²) in [6.45, 7) is 1.51. The molecule has 0 unspecified atom stereocenters. The number of hydrogen-bond donors (Lipinski definition) is 0. The molecule has 1 aliphatic heterocycles. The minimum atomic E-state index is -0.346. The molecule has 86 valence electrons. The lowest BCUT2D eigenvalue weighted by Crippen LogP contribution is -2.30. The third-order valence-corrected chi connectivity index (χ3v) is 2.99. The van der Waals surface area contributed by atoms with Crippen LogP contribution in [0.1, 0.15) is 12.8 Å². The second-order valence-electron chi connectivity index (χ2n) is 3.64. The van der Waals surface area contributed by atoms with Crippen molar-refractivity contribution in [2.75, 3.05) is 13.1 Å². The number of rotatable bonds is 1. The Balaban J connectivity index is 2.05. The minimum Gasteiger partial charge on any atom is -0.409 e. The van der Waals surface area contributed by atoms with Gasteiger partial charge < -0.3 is 9.64 Å². The van der Waals surface area contributed by atoms with E-state index < -0.39 is 0 Å². The molecule has 1 amide bonds. The summed E-state index contributed by atoms with van der Waals surface area (Å²) in [5.74, 6) is 0.350. The molecule has 16 heavy (non-hydrogen) atoms. The van der Waals surface area contributed by atoms with E-state index in [4.69, 9.17) is 27.9 Å². The molecule has 0 bridgehead atoms. The van der Waals surface area contributed by atoms with Gasteiger partial charge in [-0.2, -0.15) is 0 Å². The van der Waals surface area contributed by atoms with Crippen LogP contribution in [0.2, 0.25) is 10.0 Å². The van der Waals surface area contributed by atoms with Crippen LogP contribution in [0.4, 0.5) is 4.79 Å². The Morgan fingerprint density at radius 2 is 1.94 bits per heavy atom. The molecule has 5 heteroatoms. The Bertz CT molecular complexity index is 403. The molecule has 1 saturated heterocycles. The zero-order valence-corrected chi connectivity index (χ0v) is 10.1. The van der Waals surface area contributed by atoms with E-state index >= 15 is 0 Å². The van der Waals surface area contributed by atoms with E-state index in [0.29, 0.717) is 15.8 Å². The number of likely N-dealkylation sites (tertiary alicyclic amines) is 1. The number of carbonyl (C=O) groups excluding carboxylic acids is 1. The largest absolute Gasteiger partial charge is 0.415 e. The zero-order valence-electron chi connectivity index (χ0n) is 8.58. The average Bonchev–Trinajstić information content (AvgIpc) is 2.75. The maximum atomic E-state index is 11.7. The molecule has 1 fully saturated rings. The monoisotopic (exact) mass is 259 g/mol. The molecule has 1 heterocycles. The van der Waals surface area contributed by atoms with Crippen molar-refractivity contribution >= 4 is 29.3 Å². The van der Waals surface area contributed by atoms with E-state index in [1.54, 1.807) is 23.1 Å². The van der Waals surface area contributed by atoms with Gasteiger partial charge in [-0.15, -0.1) is 0 Å². The molecular weight excluding hydrogens is 249 g/mol. The first-order valence-electron chi connectivity index (χ1n) is 5.08. The van der Waals surface area contributed by atoms with Crippen molar-refractivity contribution in [3.8, 4) is 5.75 Å². The van der Waals surface area contributed by atoms with Gasteiger partial charge in [-0.1, -0.05) is 23.2 Å². The Morgan fingerprint density at radius 1 is 1.25 bits per heavy atom. The molecule has 0 atom stereocenters. The van der Waals surface area contributed by atoms with Gasteiger partial charge in [-0.25, -0.2) is 4.79 Å². The number of carbonyl (C=O) groups is 1. The molecule has 1 aromatic rings. The third kappa shape index (κ3) is 2.60. The quantitative estimate of drug-likeness (QED) is 0.772. The lowest BCUT2D eigenvalue weighted by molar-refractivity contribution is 0.163. The molecule has 1 aliphatic rings. The molecule has 0 N–H and O–H groups in total. The van der Waals surface area contributed by atoms with Crippen LogP contribution < -0.4 is 4.74 Å². The molecule has 1 aromatic carbocycles. The summed E-state index contributed by atoms with van der Waals surface area (Å²) < 4.78 is 5.18. The van der Waals surface area contributed by atoms with Crippen LogP contribution in [0.25, 0.3) is 0 Å². The van der Waals surface area contributed by atoms with Crippen LogP contribution in [0.5, 0.6) is 5.75 Å². The van der Waals surface area contributed by atoms with Gasteiger partial charge in [0.1, 0.15) is 0 Å². The van der Waals surface area contributed by atoms with Crippen LogP contribution >= 0.6 is 23.2 Å². The number of benzene rings is 1. The van der Waals surface area contributed by atoms with Crippen molar-refractivity contribution in [3.63, 3.8) is 0 Å². The highest BCUT2D eigenvalue weighted by atomic mass is 35.5. The number of ether oxygens (including phenoxy) is 1. The van der Waals surface area contributed by atoms with Gasteiger partial charge in [0.15, 0.2) is 5.75 Å². The highest BCUT2D eigenvalue weighted by molar-refractivity contribution is 6.35. The molecule has 0 spiro atoms. The number of hydrogen-bond acceptors (Lipinski definition) is 2. The highest BCUT2D eigenvalue weighted by Gasteiger charge is 2.20. The van der Waals surface area contributed by atoms with Crippen molar-refractivity contribution in [1.82, 2.24) is 4.90 Å². The minimum absolute atomic E-state index is 0.346.